The second-order valence-corrected chi connectivity index (χ2v) is 7.80. The van der Waals surface area contributed by atoms with Gasteiger partial charge in [-0.25, -0.2) is 4.98 Å². The van der Waals surface area contributed by atoms with E-state index in [1.165, 1.54) is 24.8 Å². The maximum absolute atomic E-state index is 12.3. The van der Waals surface area contributed by atoms with E-state index in [-0.39, 0.29) is 5.91 Å². The third kappa shape index (κ3) is 6.08. The second kappa shape index (κ2) is 10.3. The summed E-state index contributed by atoms with van der Waals surface area (Å²) in [6, 6.07) is 7.70. The Balaban J connectivity index is 1.45. The van der Waals surface area contributed by atoms with Crippen LogP contribution in [0.15, 0.2) is 24.3 Å². The third-order valence-corrected chi connectivity index (χ3v) is 5.29. The number of benzene rings is 1. The first-order valence-electron chi connectivity index (χ1n) is 10.7. The second-order valence-electron chi connectivity index (χ2n) is 7.80. The number of rotatable bonds is 8. The zero-order valence-electron chi connectivity index (χ0n) is 18.4. The molecule has 1 amide bonds. The lowest BCUT2D eigenvalue weighted by molar-refractivity contribution is -0.127. The molecule has 1 aliphatic rings. The number of nitrogens with one attached hydrogen (secondary N) is 1. The van der Waals surface area contributed by atoms with Gasteiger partial charge in [-0.05, 0) is 70.2 Å². The van der Waals surface area contributed by atoms with Crippen molar-refractivity contribution in [1.82, 2.24) is 15.3 Å². The summed E-state index contributed by atoms with van der Waals surface area (Å²) < 4.78 is 11.5. The predicted octanol–water partition coefficient (Wildman–Crippen LogP) is 3.35. The highest BCUT2D eigenvalue weighted by Gasteiger charge is 2.16. The van der Waals surface area contributed by atoms with Crippen molar-refractivity contribution in [1.29, 1.82) is 0 Å². The Morgan fingerprint density at radius 3 is 2.60 bits per heavy atom. The molecule has 0 aliphatic carbocycles. The van der Waals surface area contributed by atoms with Gasteiger partial charge in [0, 0.05) is 19.2 Å². The molecule has 1 atom stereocenters. The van der Waals surface area contributed by atoms with Crippen molar-refractivity contribution in [2.24, 2.45) is 0 Å². The molecule has 0 spiro atoms. The van der Waals surface area contributed by atoms with Crippen molar-refractivity contribution >= 4 is 11.7 Å². The first-order valence-corrected chi connectivity index (χ1v) is 10.7. The summed E-state index contributed by atoms with van der Waals surface area (Å²) in [6.07, 6.45) is 3.07. The number of hydrogen-bond acceptors (Lipinski definition) is 6. The smallest absolute Gasteiger partial charge is 0.260 e. The fraction of sp³-hybridized carbons (Fsp3) is 0.522. The van der Waals surface area contributed by atoms with Crippen LogP contribution in [0.2, 0.25) is 0 Å². The summed E-state index contributed by atoms with van der Waals surface area (Å²) in [6.45, 7) is 10.4. The summed E-state index contributed by atoms with van der Waals surface area (Å²) in [5, 5.41) is 2.85. The minimum Gasteiger partial charge on any atom is -0.481 e. The number of nitrogens with zero attached hydrogens (tertiary/aromatic N) is 3. The highest BCUT2D eigenvalue weighted by atomic mass is 16.5. The number of anilines is 1. The van der Waals surface area contributed by atoms with Crippen molar-refractivity contribution in [3.63, 3.8) is 0 Å². The Hall–Kier alpha value is -2.83. The van der Waals surface area contributed by atoms with Crippen LogP contribution in [-0.2, 0) is 4.79 Å². The van der Waals surface area contributed by atoms with Crippen LogP contribution >= 0.6 is 0 Å². The molecule has 162 valence electrons. The van der Waals surface area contributed by atoms with Crippen molar-refractivity contribution in [2.75, 3.05) is 31.1 Å². The van der Waals surface area contributed by atoms with Crippen molar-refractivity contribution in [3.8, 4) is 11.6 Å². The molecule has 2 aromatic rings. The minimum atomic E-state index is -0.584. The summed E-state index contributed by atoms with van der Waals surface area (Å²) in [7, 11) is 0. The molecule has 1 N–H and O–H groups in total. The van der Waals surface area contributed by atoms with E-state index in [4.69, 9.17) is 9.47 Å². The number of hydrogen-bond donors (Lipinski definition) is 1. The normalized spacial score (nSPS) is 14.9. The number of carbonyl (C=O) groups excluding carboxylic acids is 1. The first-order chi connectivity index (χ1) is 14.4. The van der Waals surface area contributed by atoms with E-state index in [1.54, 1.807) is 6.92 Å². The van der Waals surface area contributed by atoms with Crippen LogP contribution in [0.5, 0.6) is 11.6 Å². The van der Waals surface area contributed by atoms with Crippen molar-refractivity contribution in [3.05, 3.63) is 41.2 Å². The van der Waals surface area contributed by atoms with Crippen LogP contribution in [0.4, 0.5) is 5.82 Å². The largest absolute Gasteiger partial charge is 0.481 e. The highest BCUT2D eigenvalue weighted by molar-refractivity contribution is 5.80. The highest BCUT2D eigenvalue weighted by Crippen LogP contribution is 2.21. The van der Waals surface area contributed by atoms with Crippen LogP contribution < -0.4 is 19.7 Å². The number of ether oxygens (including phenoxy) is 2. The Morgan fingerprint density at radius 1 is 1.10 bits per heavy atom. The van der Waals surface area contributed by atoms with Gasteiger partial charge >= 0.3 is 0 Å². The maximum Gasteiger partial charge on any atom is 0.260 e. The molecule has 30 heavy (non-hydrogen) atoms. The average molecular weight is 413 g/mol. The number of amides is 1. The summed E-state index contributed by atoms with van der Waals surface area (Å²) in [4.78, 5) is 23.5. The minimum absolute atomic E-state index is 0.176. The molecule has 1 unspecified atom stereocenters. The Kier molecular flexibility index (Phi) is 7.49. The third-order valence-electron chi connectivity index (χ3n) is 5.29. The van der Waals surface area contributed by atoms with Crippen LogP contribution in [0.3, 0.4) is 0 Å². The van der Waals surface area contributed by atoms with E-state index in [9.17, 15) is 4.79 Å². The number of carbonyl (C=O) groups is 1. The lowest BCUT2D eigenvalue weighted by atomic mass is 10.1. The Labute approximate surface area is 178 Å². The quantitative estimate of drug-likeness (QED) is 0.670. The summed E-state index contributed by atoms with van der Waals surface area (Å²) in [5.74, 6) is 2.66. The number of piperidine rings is 1. The molecule has 1 fully saturated rings. The molecule has 1 saturated heterocycles. The molecule has 1 aromatic heterocycles. The molecule has 0 radical (unpaired) electrons. The maximum atomic E-state index is 12.3. The topological polar surface area (TPSA) is 76.6 Å². The fourth-order valence-corrected chi connectivity index (χ4v) is 3.40. The van der Waals surface area contributed by atoms with Gasteiger partial charge in [0.05, 0.1) is 6.54 Å². The van der Waals surface area contributed by atoms with Gasteiger partial charge in [-0.3, -0.25) is 4.79 Å². The van der Waals surface area contributed by atoms with Gasteiger partial charge in [-0.15, -0.1) is 0 Å². The van der Waals surface area contributed by atoms with Crippen LogP contribution in [0.25, 0.3) is 0 Å². The van der Waals surface area contributed by atoms with E-state index in [1.807, 2.05) is 45.0 Å². The summed E-state index contributed by atoms with van der Waals surface area (Å²) >= 11 is 0. The van der Waals surface area contributed by atoms with Gasteiger partial charge in [0.25, 0.3) is 5.91 Å². The van der Waals surface area contributed by atoms with Gasteiger partial charge in [0.1, 0.15) is 24.0 Å². The van der Waals surface area contributed by atoms with Gasteiger partial charge in [-0.2, -0.15) is 4.98 Å². The molecular weight excluding hydrogens is 380 g/mol. The van der Waals surface area contributed by atoms with Gasteiger partial charge < -0.3 is 19.7 Å². The molecule has 0 bridgehead atoms. The molecular formula is C23H32N4O3. The fourth-order valence-electron chi connectivity index (χ4n) is 3.40. The van der Waals surface area contributed by atoms with E-state index >= 15 is 0 Å². The van der Waals surface area contributed by atoms with Crippen LogP contribution in [-0.4, -0.2) is 48.2 Å². The molecule has 3 rings (SSSR count). The van der Waals surface area contributed by atoms with E-state index in [0.717, 1.165) is 24.5 Å². The zero-order valence-corrected chi connectivity index (χ0v) is 18.4. The first kappa shape index (κ1) is 21.9. The zero-order chi connectivity index (χ0) is 21.5. The molecule has 1 aliphatic heterocycles. The van der Waals surface area contributed by atoms with Crippen molar-refractivity contribution < 1.29 is 14.3 Å². The lowest BCUT2D eigenvalue weighted by Crippen LogP contribution is -2.38. The van der Waals surface area contributed by atoms with Gasteiger partial charge in [0.15, 0.2) is 6.10 Å². The van der Waals surface area contributed by atoms with E-state index < -0.39 is 6.10 Å². The van der Waals surface area contributed by atoms with Gasteiger partial charge in [-0.1, -0.05) is 6.07 Å². The Morgan fingerprint density at radius 2 is 1.87 bits per heavy atom. The molecule has 0 saturated carbocycles. The van der Waals surface area contributed by atoms with Crippen molar-refractivity contribution in [2.45, 2.75) is 53.1 Å². The van der Waals surface area contributed by atoms with Crippen LogP contribution in [0.1, 0.15) is 43.1 Å². The predicted molar refractivity (Wildman–Crippen MR) is 117 cm³/mol. The standard InChI is InChI=1S/C23H32N4O3/c1-16-8-9-20(14-17(16)2)30-18(3)23(28)24-10-13-29-22-15-21(25-19(4)26-22)27-11-6-5-7-12-27/h8-9,14-15,18H,5-7,10-13H2,1-4H3,(H,24,28). The van der Waals surface area contributed by atoms with E-state index in [0.29, 0.717) is 30.6 Å². The van der Waals surface area contributed by atoms with Crippen LogP contribution in [0, 0.1) is 20.8 Å². The lowest BCUT2D eigenvalue weighted by Gasteiger charge is -2.28. The number of aromatic nitrogens is 2. The number of aryl methyl sites for hydroxylation is 3. The Bertz CT molecular complexity index is 866. The molecule has 2 heterocycles. The van der Waals surface area contributed by atoms with E-state index in [2.05, 4.69) is 20.2 Å². The molecule has 7 heteroatoms. The molecule has 7 nitrogen and oxygen atoms in total. The molecule has 1 aromatic carbocycles. The average Bonchev–Trinajstić information content (AvgIpc) is 2.74. The monoisotopic (exact) mass is 412 g/mol. The van der Waals surface area contributed by atoms with Gasteiger partial charge in [0.2, 0.25) is 5.88 Å². The SMILES string of the molecule is Cc1nc(OCCNC(=O)C(C)Oc2ccc(C)c(C)c2)cc(N2CCCCC2)n1. The summed E-state index contributed by atoms with van der Waals surface area (Å²) in [5.41, 5.74) is 2.33.